The van der Waals surface area contributed by atoms with Crippen LogP contribution in [-0.4, -0.2) is 37.5 Å². The Labute approximate surface area is 173 Å². The van der Waals surface area contributed by atoms with Crippen LogP contribution in [0.15, 0.2) is 35.7 Å². The zero-order valence-electron chi connectivity index (χ0n) is 16.6. The molecule has 0 fully saturated rings. The summed E-state index contributed by atoms with van der Waals surface area (Å²) in [5.74, 6) is -0.441. The Morgan fingerprint density at radius 2 is 1.90 bits per heavy atom. The highest BCUT2D eigenvalue weighted by molar-refractivity contribution is 7.12. The van der Waals surface area contributed by atoms with E-state index >= 15 is 0 Å². The van der Waals surface area contributed by atoms with Gasteiger partial charge in [-0.05, 0) is 43.0 Å². The lowest BCUT2D eigenvalue weighted by atomic mass is 10.2. The molecular weight excluding hydrogens is 394 g/mol. The molecule has 0 aliphatic carbocycles. The second-order valence-electron chi connectivity index (χ2n) is 6.18. The summed E-state index contributed by atoms with van der Waals surface area (Å²) in [4.78, 5) is 36.9. The molecule has 3 amide bonds. The van der Waals surface area contributed by atoms with Crippen molar-refractivity contribution in [1.29, 1.82) is 0 Å². The fraction of sp³-hybridized carbons (Fsp3) is 0.350. The van der Waals surface area contributed by atoms with Crippen molar-refractivity contribution in [3.63, 3.8) is 0 Å². The van der Waals surface area contributed by atoms with E-state index in [-0.39, 0.29) is 5.91 Å². The molecule has 1 unspecified atom stereocenters. The quantitative estimate of drug-likeness (QED) is 0.428. The molecule has 3 N–H and O–H groups in total. The number of benzene rings is 1. The van der Waals surface area contributed by atoms with Gasteiger partial charge >= 0.3 is 0 Å². The van der Waals surface area contributed by atoms with Crippen molar-refractivity contribution < 1.29 is 23.9 Å². The van der Waals surface area contributed by atoms with E-state index in [2.05, 4.69) is 23.1 Å². The number of rotatable bonds is 9. The molecule has 0 saturated heterocycles. The summed E-state index contributed by atoms with van der Waals surface area (Å²) in [5.41, 5.74) is 4.92. The molecule has 9 heteroatoms. The summed E-state index contributed by atoms with van der Waals surface area (Å²) >= 11 is 1.28. The highest BCUT2D eigenvalue weighted by atomic mass is 32.1. The van der Waals surface area contributed by atoms with E-state index in [0.717, 1.165) is 12.8 Å². The second kappa shape index (κ2) is 11.1. The number of hydrogen-bond donors (Lipinski definition) is 3. The van der Waals surface area contributed by atoms with Crippen molar-refractivity contribution in [3.8, 4) is 11.5 Å². The summed E-state index contributed by atoms with van der Waals surface area (Å²) in [6.45, 7) is 4.15. The maximum Gasteiger partial charge on any atom is 0.269 e. The van der Waals surface area contributed by atoms with E-state index in [9.17, 15) is 14.4 Å². The van der Waals surface area contributed by atoms with Crippen LogP contribution in [0.5, 0.6) is 11.5 Å². The molecule has 0 bridgehead atoms. The fourth-order valence-electron chi connectivity index (χ4n) is 2.29. The topological polar surface area (TPSA) is 106 Å². The van der Waals surface area contributed by atoms with Crippen LogP contribution >= 0.6 is 11.3 Å². The van der Waals surface area contributed by atoms with E-state index in [1.807, 2.05) is 0 Å². The van der Waals surface area contributed by atoms with Gasteiger partial charge in [0.1, 0.15) is 6.04 Å². The van der Waals surface area contributed by atoms with Gasteiger partial charge in [-0.25, -0.2) is 0 Å². The molecule has 1 heterocycles. The number of ether oxygens (including phenoxy) is 2. The zero-order chi connectivity index (χ0) is 21.2. The maximum absolute atomic E-state index is 12.3. The number of carbonyl (C=O) groups excluding carboxylic acids is 3. The van der Waals surface area contributed by atoms with Gasteiger partial charge in [0, 0.05) is 5.56 Å². The second-order valence-corrected chi connectivity index (χ2v) is 7.13. The van der Waals surface area contributed by atoms with Crippen molar-refractivity contribution in [2.24, 2.45) is 0 Å². The Morgan fingerprint density at radius 1 is 1.10 bits per heavy atom. The van der Waals surface area contributed by atoms with Gasteiger partial charge in [-0.15, -0.1) is 11.3 Å². The van der Waals surface area contributed by atoms with Gasteiger partial charge in [-0.3, -0.25) is 25.2 Å². The van der Waals surface area contributed by atoms with Crippen LogP contribution < -0.4 is 25.6 Å². The fourth-order valence-corrected chi connectivity index (χ4v) is 2.92. The molecule has 8 nitrogen and oxygen atoms in total. The number of hydrogen-bond acceptors (Lipinski definition) is 6. The predicted octanol–water partition coefficient (Wildman–Crippen LogP) is 2.52. The molecule has 0 spiro atoms. The van der Waals surface area contributed by atoms with Crippen LogP contribution in [0.25, 0.3) is 0 Å². The molecule has 29 heavy (non-hydrogen) atoms. The van der Waals surface area contributed by atoms with Crippen LogP contribution in [0, 0.1) is 0 Å². The molecule has 2 aromatic rings. The Morgan fingerprint density at radius 3 is 2.55 bits per heavy atom. The summed E-state index contributed by atoms with van der Waals surface area (Å²) in [6.07, 6.45) is 1.92. The molecule has 2 rings (SSSR count). The summed E-state index contributed by atoms with van der Waals surface area (Å²) in [7, 11) is 1.49. The number of unbranched alkanes of at least 4 members (excludes halogenated alkanes) is 1. The first-order valence-electron chi connectivity index (χ1n) is 9.21. The van der Waals surface area contributed by atoms with Gasteiger partial charge in [0.2, 0.25) is 0 Å². The third-order valence-corrected chi connectivity index (χ3v) is 4.83. The van der Waals surface area contributed by atoms with Crippen LogP contribution in [0.2, 0.25) is 0 Å². The molecule has 1 aromatic heterocycles. The summed E-state index contributed by atoms with van der Waals surface area (Å²) in [5, 5.41) is 4.34. The van der Waals surface area contributed by atoms with E-state index in [1.165, 1.54) is 31.4 Å². The lowest BCUT2D eigenvalue weighted by Crippen LogP contribution is -2.51. The van der Waals surface area contributed by atoms with Gasteiger partial charge in [0.25, 0.3) is 17.7 Å². The van der Waals surface area contributed by atoms with Crippen LogP contribution in [0.4, 0.5) is 0 Å². The highest BCUT2D eigenvalue weighted by Gasteiger charge is 2.18. The van der Waals surface area contributed by atoms with Crippen molar-refractivity contribution >= 4 is 29.1 Å². The van der Waals surface area contributed by atoms with Gasteiger partial charge in [-0.2, -0.15) is 0 Å². The number of thiophene rings is 1. The van der Waals surface area contributed by atoms with E-state index in [4.69, 9.17) is 9.47 Å². The van der Waals surface area contributed by atoms with E-state index in [1.54, 1.807) is 29.6 Å². The molecule has 1 atom stereocenters. The Kier molecular flexibility index (Phi) is 8.47. The van der Waals surface area contributed by atoms with Crippen LogP contribution in [0.1, 0.15) is 46.7 Å². The molecule has 0 aliphatic heterocycles. The first-order chi connectivity index (χ1) is 14.0. The lowest BCUT2D eigenvalue weighted by Gasteiger charge is -2.15. The number of nitrogens with one attached hydrogen (secondary N) is 3. The Balaban J connectivity index is 1.89. The number of hydrazine groups is 1. The SMILES string of the molecule is CCCCOc1ccc(C(=O)NNC(=O)C(C)NC(=O)c2cccs2)cc1OC. The monoisotopic (exact) mass is 419 g/mol. The van der Waals surface area contributed by atoms with Gasteiger partial charge < -0.3 is 14.8 Å². The first-order valence-corrected chi connectivity index (χ1v) is 10.1. The largest absolute Gasteiger partial charge is 0.493 e. The average molecular weight is 420 g/mol. The molecule has 156 valence electrons. The summed E-state index contributed by atoms with van der Waals surface area (Å²) in [6, 6.07) is 7.34. The highest BCUT2D eigenvalue weighted by Crippen LogP contribution is 2.28. The van der Waals surface area contributed by atoms with Crippen molar-refractivity contribution in [1.82, 2.24) is 16.2 Å². The third kappa shape index (κ3) is 6.49. The van der Waals surface area contributed by atoms with Crippen LogP contribution in [0.3, 0.4) is 0 Å². The lowest BCUT2D eigenvalue weighted by molar-refractivity contribution is -0.123. The number of methoxy groups -OCH3 is 1. The molecular formula is C20H25N3O5S. The third-order valence-electron chi connectivity index (χ3n) is 3.97. The van der Waals surface area contributed by atoms with Crippen molar-refractivity contribution in [2.45, 2.75) is 32.7 Å². The van der Waals surface area contributed by atoms with Gasteiger partial charge in [-0.1, -0.05) is 19.4 Å². The standard InChI is InChI=1S/C20H25N3O5S/c1-4-5-10-28-15-9-8-14(12-16(15)27-3)19(25)23-22-18(24)13(2)21-20(26)17-7-6-11-29-17/h6-9,11-13H,4-5,10H2,1-3H3,(H,21,26)(H,22,24)(H,23,25). The Bertz CT molecular complexity index is 839. The first kappa shape index (κ1) is 22.2. The number of carbonyl (C=O) groups is 3. The predicted molar refractivity (Wildman–Crippen MR) is 110 cm³/mol. The smallest absolute Gasteiger partial charge is 0.269 e. The normalized spacial score (nSPS) is 11.3. The zero-order valence-corrected chi connectivity index (χ0v) is 17.4. The minimum atomic E-state index is -0.825. The van der Waals surface area contributed by atoms with Crippen molar-refractivity contribution in [3.05, 3.63) is 46.2 Å². The minimum absolute atomic E-state index is 0.292. The molecule has 0 radical (unpaired) electrons. The molecule has 0 saturated carbocycles. The van der Waals surface area contributed by atoms with Crippen molar-refractivity contribution in [2.75, 3.05) is 13.7 Å². The summed E-state index contributed by atoms with van der Waals surface area (Å²) < 4.78 is 10.9. The maximum atomic E-state index is 12.3. The molecule has 0 aliphatic rings. The van der Waals surface area contributed by atoms with Gasteiger partial charge in [0.15, 0.2) is 11.5 Å². The van der Waals surface area contributed by atoms with Gasteiger partial charge in [0.05, 0.1) is 18.6 Å². The van der Waals surface area contributed by atoms with E-state index < -0.39 is 17.9 Å². The van der Waals surface area contributed by atoms with Crippen LogP contribution in [-0.2, 0) is 4.79 Å². The average Bonchev–Trinajstić information content (AvgIpc) is 3.27. The van der Waals surface area contributed by atoms with E-state index in [0.29, 0.717) is 28.5 Å². The molecule has 1 aromatic carbocycles. The number of amides is 3. The Hall–Kier alpha value is -3.07. The minimum Gasteiger partial charge on any atom is -0.493 e.